The van der Waals surface area contributed by atoms with Crippen molar-refractivity contribution in [3.05, 3.63) is 29.8 Å². The minimum absolute atomic E-state index is 0. The molecular formula is C19H28IN5O2. The van der Waals surface area contributed by atoms with Gasteiger partial charge in [-0.1, -0.05) is 12.1 Å². The maximum atomic E-state index is 12.8. The molecule has 148 valence electrons. The quantitative estimate of drug-likeness (QED) is 0.264. The summed E-state index contributed by atoms with van der Waals surface area (Å²) in [5.74, 6) is 0.416. The van der Waals surface area contributed by atoms with Gasteiger partial charge in [0, 0.05) is 5.54 Å². The Hall–Kier alpha value is -1.84. The van der Waals surface area contributed by atoms with Crippen molar-refractivity contribution in [2.45, 2.75) is 58.2 Å². The summed E-state index contributed by atoms with van der Waals surface area (Å²) in [6, 6.07) is 6.93. The molecule has 8 heteroatoms. The summed E-state index contributed by atoms with van der Waals surface area (Å²) in [6.45, 7) is 8.20. The molecule has 7 nitrogen and oxygen atoms in total. The molecule has 0 aromatic heterocycles. The van der Waals surface area contributed by atoms with Crippen molar-refractivity contribution >= 4 is 47.6 Å². The van der Waals surface area contributed by atoms with Crippen molar-refractivity contribution in [2.75, 3.05) is 4.90 Å². The summed E-state index contributed by atoms with van der Waals surface area (Å²) in [6.07, 6.45) is 1.95. The van der Waals surface area contributed by atoms with E-state index in [4.69, 9.17) is 5.73 Å². The van der Waals surface area contributed by atoms with Crippen LogP contribution >= 0.6 is 24.0 Å². The van der Waals surface area contributed by atoms with Crippen molar-refractivity contribution in [3.8, 4) is 0 Å². The maximum absolute atomic E-state index is 12.8. The van der Waals surface area contributed by atoms with Gasteiger partial charge in [-0.05, 0) is 64.2 Å². The molecule has 1 saturated carbocycles. The molecule has 1 aliphatic heterocycles. The fourth-order valence-electron chi connectivity index (χ4n) is 3.22. The van der Waals surface area contributed by atoms with Crippen molar-refractivity contribution in [2.24, 2.45) is 16.6 Å². The van der Waals surface area contributed by atoms with Gasteiger partial charge < -0.3 is 16.4 Å². The zero-order chi connectivity index (χ0) is 19.1. The SMILES string of the molecule is CC(C)(C)NC(N)=NCc1cccc(N2C(=O)NC(C)(C3CC3)C2=O)c1.I. The minimum Gasteiger partial charge on any atom is -0.370 e. The second-order valence-electron chi connectivity index (χ2n) is 8.29. The van der Waals surface area contributed by atoms with Crippen molar-refractivity contribution < 1.29 is 9.59 Å². The first kappa shape index (κ1) is 21.5. The van der Waals surface area contributed by atoms with Gasteiger partial charge in [0.1, 0.15) is 5.54 Å². The van der Waals surface area contributed by atoms with Gasteiger partial charge in [0.05, 0.1) is 12.2 Å². The third-order valence-corrected chi connectivity index (χ3v) is 4.71. The van der Waals surface area contributed by atoms with Crippen LogP contribution in [0.3, 0.4) is 0 Å². The number of carbonyl (C=O) groups is 2. The number of halogens is 1. The molecule has 2 aliphatic rings. The van der Waals surface area contributed by atoms with Crippen LogP contribution in [0, 0.1) is 5.92 Å². The number of carbonyl (C=O) groups excluding carboxylic acids is 2. The summed E-state index contributed by atoms with van der Waals surface area (Å²) >= 11 is 0. The number of nitrogens with one attached hydrogen (secondary N) is 2. The van der Waals surface area contributed by atoms with E-state index in [1.54, 1.807) is 6.07 Å². The van der Waals surface area contributed by atoms with E-state index in [9.17, 15) is 9.59 Å². The number of nitrogens with two attached hydrogens (primary N) is 1. The molecule has 1 aromatic rings. The molecule has 1 atom stereocenters. The number of anilines is 1. The van der Waals surface area contributed by atoms with Crippen molar-refractivity contribution in [1.82, 2.24) is 10.6 Å². The van der Waals surface area contributed by atoms with Crippen LogP contribution in [0.25, 0.3) is 0 Å². The normalized spacial score (nSPS) is 23.1. The number of amides is 3. The molecule has 1 aromatic carbocycles. The lowest BCUT2D eigenvalue weighted by atomic mass is 9.96. The summed E-state index contributed by atoms with van der Waals surface area (Å²) in [5, 5.41) is 5.97. The molecule has 1 unspecified atom stereocenters. The lowest BCUT2D eigenvalue weighted by Crippen LogP contribution is -2.46. The lowest BCUT2D eigenvalue weighted by molar-refractivity contribution is -0.122. The number of aliphatic imine (C=N–C) groups is 1. The van der Waals surface area contributed by atoms with Crippen molar-refractivity contribution in [3.63, 3.8) is 0 Å². The van der Waals surface area contributed by atoms with Crippen LogP contribution in [0.4, 0.5) is 10.5 Å². The molecule has 1 heterocycles. The van der Waals surface area contributed by atoms with Gasteiger partial charge in [-0.15, -0.1) is 24.0 Å². The Morgan fingerprint density at radius 1 is 1.37 bits per heavy atom. The van der Waals surface area contributed by atoms with Crippen LogP contribution < -0.4 is 21.3 Å². The van der Waals surface area contributed by atoms with Crippen LogP contribution in [0.2, 0.25) is 0 Å². The third-order valence-electron chi connectivity index (χ3n) is 4.71. The molecule has 0 spiro atoms. The monoisotopic (exact) mass is 485 g/mol. The average molecular weight is 485 g/mol. The van der Waals surface area contributed by atoms with E-state index in [-0.39, 0.29) is 47.4 Å². The zero-order valence-electron chi connectivity index (χ0n) is 16.2. The Morgan fingerprint density at radius 3 is 2.63 bits per heavy atom. The van der Waals surface area contributed by atoms with Crippen LogP contribution in [-0.2, 0) is 11.3 Å². The van der Waals surface area contributed by atoms with Gasteiger partial charge in [0.25, 0.3) is 5.91 Å². The van der Waals surface area contributed by atoms with E-state index in [0.29, 0.717) is 18.2 Å². The van der Waals surface area contributed by atoms with Gasteiger partial charge in [-0.3, -0.25) is 4.79 Å². The molecule has 27 heavy (non-hydrogen) atoms. The van der Waals surface area contributed by atoms with Gasteiger partial charge >= 0.3 is 6.03 Å². The fourth-order valence-corrected chi connectivity index (χ4v) is 3.22. The lowest BCUT2D eigenvalue weighted by Gasteiger charge is -2.21. The van der Waals surface area contributed by atoms with Crippen LogP contribution in [-0.4, -0.2) is 29.0 Å². The van der Waals surface area contributed by atoms with Gasteiger partial charge in [0.15, 0.2) is 5.96 Å². The van der Waals surface area contributed by atoms with Gasteiger partial charge in [-0.25, -0.2) is 14.7 Å². The molecule has 1 saturated heterocycles. The number of guanidine groups is 1. The summed E-state index contributed by atoms with van der Waals surface area (Å²) in [7, 11) is 0. The van der Waals surface area contributed by atoms with Crippen LogP contribution in [0.1, 0.15) is 46.1 Å². The molecule has 4 N–H and O–H groups in total. The molecule has 1 aliphatic carbocycles. The maximum Gasteiger partial charge on any atom is 0.329 e. The zero-order valence-corrected chi connectivity index (χ0v) is 18.5. The predicted octanol–water partition coefficient (Wildman–Crippen LogP) is 2.73. The van der Waals surface area contributed by atoms with E-state index >= 15 is 0 Å². The molecule has 0 bridgehead atoms. The number of hydrogen-bond donors (Lipinski definition) is 3. The largest absolute Gasteiger partial charge is 0.370 e. The first-order valence-electron chi connectivity index (χ1n) is 8.94. The molecule has 3 rings (SSSR count). The van der Waals surface area contributed by atoms with E-state index in [1.807, 2.05) is 45.9 Å². The Kier molecular flexibility index (Phi) is 6.08. The number of nitrogens with zero attached hydrogens (tertiary/aromatic N) is 2. The summed E-state index contributed by atoms with van der Waals surface area (Å²) in [5.41, 5.74) is 6.39. The second-order valence-corrected chi connectivity index (χ2v) is 8.29. The number of hydrogen-bond acceptors (Lipinski definition) is 3. The molecule has 3 amide bonds. The molecule has 0 radical (unpaired) electrons. The standard InChI is InChI=1S/C19H27N5O2.HI/c1-18(2,3)22-16(20)21-11-12-6-5-7-14(10-12)24-15(25)19(4,13-8-9-13)23-17(24)26;/h5-7,10,13H,8-9,11H2,1-4H3,(H,23,26)(H3,20,21,22);1H. The number of urea groups is 1. The van der Waals surface area contributed by atoms with Gasteiger partial charge in [-0.2, -0.15) is 0 Å². The highest BCUT2D eigenvalue weighted by molar-refractivity contribution is 14.0. The van der Waals surface area contributed by atoms with E-state index < -0.39 is 5.54 Å². The Bertz CT molecular complexity index is 770. The topological polar surface area (TPSA) is 99.8 Å². The highest BCUT2D eigenvalue weighted by Gasteiger charge is 2.56. The highest BCUT2D eigenvalue weighted by atomic mass is 127. The van der Waals surface area contributed by atoms with E-state index in [2.05, 4.69) is 15.6 Å². The highest BCUT2D eigenvalue weighted by Crippen LogP contribution is 2.43. The Balaban J connectivity index is 0.00000261. The van der Waals surface area contributed by atoms with E-state index in [1.165, 1.54) is 4.90 Å². The average Bonchev–Trinajstić information content (AvgIpc) is 3.34. The first-order chi connectivity index (χ1) is 12.1. The Labute approximate surface area is 177 Å². The van der Waals surface area contributed by atoms with Crippen molar-refractivity contribution in [1.29, 1.82) is 0 Å². The van der Waals surface area contributed by atoms with Gasteiger partial charge in [0.2, 0.25) is 0 Å². The fraction of sp³-hybridized carbons (Fsp3) is 0.526. The summed E-state index contributed by atoms with van der Waals surface area (Å²) < 4.78 is 0. The predicted molar refractivity (Wildman–Crippen MR) is 117 cm³/mol. The number of imide groups is 1. The Morgan fingerprint density at radius 2 is 2.04 bits per heavy atom. The first-order valence-corrected chi connectivity index (χ1v) is 8.94. The van der Waals surface area contributed by atoms with Crippen LogP contribution in [0.5, 0.6) is 0 Å². The number of rotatable bonds is 4. The third kappa shape index (κ3) is 4.72. The van der Waals surface area contributed by atoms with Crippen LogP contribution in [0.15, 0.2) is 29.3 Å². The minimum atomic E-state index is -0.785. The smallest absolute Gasteiger partial charge is 0.329 e. The second kappa shape index (κ2) is 7.65. The van der Waals surface area contributed by atoms with E-state index in [0.717, 1.165) is 18.4 Å². The number of benzene rings is 1. The molecular weight excluding hydrogens is 457 g/mol. The summed E-state index contributed by atoms with van der Waals surface area (Å²) in [4.78, 5) is 30.8. The molecule has 2 fully saturated rings.